The Balaban J connectivity index is 2.32. The normalized spacial score (nSPS) is 10.9. The third-order valence-electron chi connectivity index (χ3n) is 2.99. The van der Waals surface area contributed by atoms with Crippen LogP contribution >= 0.6 is 27.3 Å². The maximum absolute atomic E-state index is 5.26. The molecule has 2 rings (SSSR count). The summed E-state index contributed by atoms with van der Waals surface area (Å²) in [6.07, 6.45) is 0. The molecule has 0 amide bonds. The lowest BCUT2D eigenvalue weighted by Gasteiger charge is -2.04. The molecule has 0 aliphatic rings. The van der Waals surface area contributed by atoms with E-state index in [0.717, 1.165) is 39.6 Å². The van der Waals surface area contributed by atoms with Gasteiger partial charge in [-0.25, -0.2) is 4.98 Å². The minimum absolute atomic E-state index is 0.536. The smallest absolute Gasteiger partial charge is 0.133 e. The van der Waals surface area contributed by atoms with Crippen LogP contribution in [-0.4, -0.2) is 25.7 Å². The minimum atomic E-state index is 0.536. The van der Waals surface area contributed by atoms with Crippen LogP contribution in [0.2, 0.25) is 0 Å². The van der Waals surface area contributed by atoms with Gasteiger partial charge in [0.1, 0.15) is 10.8 Å². The number of methoxy groups -OCH3 is 2. The van der Waals surface area contributed by atoms with Gasteiger partial charge in [0.2, 0.25) is 0 Å². The summed E-state index contributed by atoms with van der Waals surface area (Å²) in [6.45, 7) is 4.39. The van der Waals surface area contributed by atoms with Crippen LogP contribution in [-0.2, 0) is 17.9 Å². The molecule has 0 atom stereocenters. The Hall–Kier alpha value is -0.950. The fourth-order valence-electron chi connectivity index (χ4n) is 1.93. The van der Waals surface area contributed by atoms with Gasteiger partial charge in [-0.05, 0) is 40.7 Å². The molecule has 1 heterocycles. The van der Waals surface area contributed by atoms with Gasteiger partial charge in [-0.3, -0.25) is 0 Å². The Bertz CT molecular complexity index is 601. The van der Waals surface area contributed by atoms with Gasteiger partial charge >= 0.3 is 0 Å². The van der Waals surface area contributed by atoms with Crippen molar-refractivity contribution in [2.75, 3.05) is 20.8 Å². The van der Waals surface area contributed by atoms with Gasteiger partial charge in [-0.15, -0.1) is 11.3 Å². The summed E-state index contributed by atoms with van der Waals surface area (Å²) in [5.41, 5.74) is 2.08. The molecule has 0 saturated heterocycles. The molecule has 0 saturated carbocycles. The molecule has 1 aromatic heterocycles. The Morgan fingerprint density at radius 1 is 1.33 bits per heavy atom. The molecule has 0 bridgehead atoms. The van der Waals surface area contributed by atoms with Crippen LogP contribution in [0.5, 0.6) is 5.75 Å². The van der Waals surface area contributed by atoms with Gasteiger partial charge in [-0.2, -0.15) is 0 Å². The Labute approximate surface area is 137 Å². The molecule has 0 fully saturated rings. The molecule has 6 heteroatoms. The first-order valence-electron chi connectivity index (χ1n) is 6.71. The van der Waals surface area contributed by atoms with Gasteiger partial charge in [0.25, 0.3) is 0 Å². The van der Waals surface area contributed by atoms with Crippen molar-refractivity contribution in [3.63, 3.8) is 0 Å². The fourth-order valence-corrected chi connectivity index (χ4v) is 3.50. The van der Waals surface area contributed by atoms with Gasteiger partial charge < -0.3 is 14.8 Å². The van der Waals surface area contributed by atoms with Gasteiger partial charge in [0, 0.05) is 24.1 Å². The molecular weight excluding hydrogens is 352 g/mol. The number of nitrogens with zero attached hydrogens (tertiary/aromatic N) is 1. The third-order valence-corrected chi connectivity index (χ3v) is 4.76. The van der Waals surface area contributed by atoms with Crippen molar-refractivity contribution in [1.29, 1.82) is 0 Å². The van der Waals surface area contributed by atoms with E-state index in [2.05, 4.69) is 28.2 Å². The molecule has 21 heavy (non-hydrogen) atoms. The number of hydrogen-bond acceptors (Lipinski definition) is 5. The van der Waals surface area contributed by atoms with Gasteiger partial charge in [0.15, 0.2) is 0 Å². The second kappa shape index (κ2) is 7.89. The maximum Gasteiger partial charge on any atom is 0.133 e. The standard InChI is InChI=1S/C15H19BrN2O2S/c1-4-17-8-14-12(9-19-2)18-15(21-14)10-5-6-13(20-3)11(16)7-10/h5-7,17H,4,8-9H2,1-3H3. The highest BCUT2D eigenvalue weighted by molar-refractivity contribution is 9.10. The number of benzene rings is 1. The number of hydrogen-bond donors (Lipinski definition) is 1. The van der Waals surface area contributed by atoms with Crippen LogP contribution in [0.4, 0.5) is 0 Å². The third kappa shape index (κ3) is 4.03. The number of nitrogens with one attached hydrogen (secondary N) is 1. The van der Waals surface area contributed by atoms with Gasteiger partial charge in [-0.1, -0.05) is 6.92 Å². The topological polar surface area (TPSA) is 43.4 Å². The summed E-state index contributed by atoms with van der Waals surface area (Å²) in [5, 5.41) is 4.34. The van der Waals surface area contributed by atoms with Crippen molar-refractivity contribution in [2.45, 2.75) is 20.1 Å². The van der Waals surface area contributed by atoms with E-state index < -0.39 is 0 Å². The van der Waals surface area contributed by atoms with Crippen LogP contribution in [0.3, 0.4) is 0 Å². The summed E-state index contributed by atoms with van der Waals surface area (Å²) in [7, 11) is 3.36. The molecular formula is C15H19BrN2O2S. The number of thiazole rings is 1. The highest BCUT2D eigenvalue weighted by atomic mass is 79.9. The van der Waals surface area contributed by atoms with E-state index in [1.54, 1.807) is 25.6 Å². The summed E-state index contributed by atoms with van der Waals surface area (Å²) < 4.78 is 11.4. The predicted molar refractivity (Wildman–Crippen MR) is 89.9 cm³/mol. The van der Waals surface area contributed by atoms with E-state index in [1.807, 2.05) is 18.2 Å². The highest BCUT2D eigenvalue weighted by Gasteiger charge is 2.13. The number of halogens is 1. The first-order chi connectivity index (χ1) is 10.2. The predicted octanol–water partition coefficient (Wildman–Crippen LogP) is 3.84. The summed E-state index contributed by atoms with van der Waals surface area (Å²) in [6, 6.07) is 6.00. The first-order valence-corrected chi connectivity index (χ1v) is 8.32. The zero-order valence-corrected chi connectivity index (χ0v) is 14.8. The van der Waals surface area contributed by atoms with E-state index in [-0.39, 0.29) is 0 Å². The lowest BCUT2D eigenvalue weighted by atomic mass is 10.2. The second-order valence-electron chi connectivity index (χ2n) is 4.45. The maximum atomic E-state index is 5.26. The van der Waals surface area contributed by atoms with E-state index >= 15 is 0 Å². The van der Waals surface area contributed by atoms with Crippen LogP contribution in [0, 0.1) is 0 Å². The van der Waals surface area contributed by atoms with Crippen LogP contribution < -0.4 is 10.1 Å². The van der Waals surface area contributed by atoms with Crippen molar-refractivity contribution < 1.29 is 9.47 Å². The Morgan fingerprint density at radius 2 is 2.14 bits per heavy atom. The number of ether oxygens (including phenoxy) is 2. The van der Waals surface area contributed by atoms with E-state index in [0.29, 0.717) is 6.61 Å². The fraction of sp³-hybridized carbons (Fsp3) is 0.400. The average molecular weight is 371 g/mol. The first kappa shape index (κ1) is 16.4. The van der Waals surface area contributed by atoms with E-state index in [9.17, 15) is 0 Å². The van der Waals surface area contributed by atoms with Crippen molar-refractivity contribution in [1.82, 2.24) is 10.3 Å². The van der Waals surface area contributed by atoms with Crippen LogP contribution in [0.1, 0.15) is 17.5 Å². The van der Waals surface area contributed by atoms with Crippen LogP contribution in [0.25, 0.3) is 10.6 Å². The zero-order chi connectivity index (χ0) is 15.2. The average Bonchev–Trinajstić information content (AvgIpc) is 2.88. The van der Waals surface area contributed by atoms with Crippen molar-refractivity contribution in [3.05, 3.63) is 33.2 Å². The molecule has 0 aliphatic heterocycles. The van der Waals surface area contributed by atoms with E-state index in [1.165, 1.54) is 4.88 Å². The molecule has 0 unspecified atom stereocenters. The lowest BCUT2D eigenvalue weighted by molar-refractivity contribution is 0.181. The van der Waals surface area contributed by atoms with Crippen molar-refractivity contribution in [2.24, 2.45) is 0 Å². The monoisotopic (exact) mass is 370 g/mol. The largest absolute Gasteiger partial charge is 0.496 e. The van der Waals surface area contributed by atoms with Gasteiger partial charge in [0.05, 0.1) is 23.9 Å². The van der Waals surface area contributed by atoms with Crippen LogP contribution in [0.15, 0.2) is 22.7 Å². The van der Waals surface area contributed by atoms with Crippen molar-refractivity contribution in [3.8, 4) is 16.3 Å². The summed E-state index contributed by atoms with van der Waals surface area (Å²) >= 11 is 5.22. The molecule has 114 valence electrons. The Morgan fingerprint density at radius 3 is 2.76 bits per heavy atom. The molecule has 4 nitrogen and oxygen atoms in total. The minimum Gasteiger partial charge on any atom is -0.496 e. The summed E-state index contributed by atoms with van der Waals surface area (Å²) in [5.74, 6) is 0.820. The Kier molecular flexibility index (Phi) is 6.17. The van der Waals surface area contributed by atoms with E-state index in [4.69, 9.17) is 14.5 Å². The zero-order valence-electron chi connectivity index (χ0n) is 12.4. The van der Waals surface area contributed by atoms with Crippen molar-refractivity contribution >= 4 is 27.3 Å². The molecule has 2 aromatic rings. The number of aromatic nitrogens is 1. The number of rotatable bonds is 7. The molecule has 1 aromatic carbocycles. The molecule has 0 aliphatic carbocycles. The molecule has 1 N–H and O–H groups in total. The molecule has 0 radical (unpaired) electrons. The second-order valence-corrected chi connectivity index (χ2v) is 6.39. The SMILES string of the molecule is CCNCc1sc(-c2ccc(OC)c(Br)c2)nc1COC. The summed E-state index contributed by atoms with van der Waals surface area (Å²) in [4.78, 5) is 5.93. The molecule has 0 spiro atoms. The highest BCUT2D eigenvalue weighted by Crippen LogP contribution is 2.34. The quantitative estimate of drug-likeness (QED) is 0.803. The lowest BCUT2D eigenvalue weighted by Crippen LogP contribution is -2.12.